The first-order valence-electron chi connectivity index (χ1n) is 5.95. The number of carboxylic acid groups (broad SMARTS) is 1. The lowest BCUT2D eigenvalue weighted by Gasteiger charge is -2.33. The Morgan fingerprint density at radius 1 is 1.22 bits per heavy atom. The minimum atomic E-state index is -0.826. The van der Waals surface area contributed by atoms with Gasteiger partial charge in [0.25, 0.3) is 0 Å². The van der Waals surface area contributed by atoms with Gasteiger partial charge in [-0.3, -0.25) is 4.90 Å². The van der Waals surface area contributed by atoms with E-state index in [2.05, 4.69) is 10.8 Å². The molecule has 1 saturated heterocycles. The van der Waals surface area contributed by atoms with Gasteiger partial charge in [-0.15, -0.1) is 6.42 Å². The van der Waals surface area contributed by atoms with Crippen molar-refractivity contribution in [3.8, 4) is 12.3 Å². The van der Waals surface area contributed by atoms with Gasteiger partial charge in [-0.2, -0.15) is 0 Å². The standard InChI is InChI=1S/C14H16N2O2/c1-2-12-3-5-13(6-4-12)11-15-7-9-16(10-8-15)14(17)18/h1,3-6H,7-11H2,(H,17,18). The molecule has 0 aliphatic carbocycles. The molecule has 18 heavy (non-hydrogen) atoms. The van der Waals surface area contributed by atoms with Crippen LogP contribution in [0.3, 0.4) is 0 Å². The highest BCUT2D eigenvalue weighted by molar-refractivity contribution is 5.65. The van der Waals surface area contributed by atoms with Crippen molar-refractivity contribution in [3.05, 3.63) is 35.4 Å². The highest BCUT2D eigenvalue weighted by Gasteiger charge is 2.19. The summed E-state index contributed by atoms with van der Waals surface area (Å²) in [4.78, 5) is 14.5. The quantitative estimate of drug-likeness (QED) is 0.801. The van der Waals surface area contributed by atoms with Crippen molar-refractivity contribution < 1.29 is 9.90 Å². The molecule has 1 aromatic carbocycles. The molecule has 1 aromatic rings. The molecule has 0 aromatic heterocycles. The molecule has 4 heteroatoms. The minimum absolute atomic E-state index is 0.581. The Balaban J connectivity index is 1.87. The van der Waals surface area contributed by atoms with Crippen molar-refractivity contribution in [3.63, 3.8) is 0 Å². The van der Waals surface area contributed by atoms with Gasteiger partial charge >= 0.3 is 6.09 Å². The Hall–Kier alpha value is -1.99. The Bertz CT molecular complexity index is 454. The van der Waals surface area contributed by atoms with Crippen LogP contribution in [0.15, 0.2) is 24.3 Å². The molecule has 0 spiro atoms. The number of rotatable bonds is 2. The third kappa shape index (κ3) is 3.02. The van der Waals surface area contributed by atoms with Crippen LogP contribution in [0.25, 0.3) is 0 Å². The predicted molar refractivity (Wildman–Crippen MR) is 69.3 cm³/mol. The fourth-order valence-electron chi connectivity index (χ4n) is 2.06. The van der Waals surface area contributed by atoms with Crippen molar-refractivity contribution >= 4 is 6.09 Å². The predicted octanol–water partition coefficient (Wildman–Crippen LogP) is 1.46. The Labute approximate surface area is 107 Å². The average molecular weight is 244 g/mol. The lowest BCUT2D eigenvalue weighted by Crippen LogP contribution is -2.47. The van der Waals surface area contributed by atoms with Crippen molar-refractivity contribution in [1.82, 2.24) is 9.80 Å². The molecule has 0 atom stereocenters. The van der Waals surface area contributed by atoms with Gasteiger partial charge in [-0.05, 0) is 17.7 Å². The first-order valence-corrected chi connectivity index (χ1v) is 5.95. The molecular weight excluding hydrogens is 228 g/mol. The molecule has 0 unspecified atom stereocenters. The Kier molecular flexibility index (Phi) is 3.85. The number of amides is 1. The monoisotopic (exact) mass is 244 g/mol. The summed E-state index contributed by atoms with van der Waals surface area (Å²) < 4.78 is 0. The number of terminal acetylenes is 1. The van der Waals surface area contributed by atoms with Crippen LogP contribution >= 0.6 is 0 Å². The highest BCUT2D eigenvalue weighted by Crippen LogP contribution is 2.09. The molecule has 0 radical (unpaired) electrons. The van der Waals surface area contributed by atoms with Gasteiger partial charge in [0.05, 0.1) is 0 Å². The van der Waals surface area contributed by atoms with Crippen LogP contribution in [0.1, 0.15) is 11.1 Å². The lowest BCUT2D eigenvalue weighted by molar-refractivity contribution is 0.103. The van der Waals surface area contributed by atoms with Crippen LogP contribution in [0.2, 0.25) is 0 Å². The van der Waals surface area contributed by atoms with E-state index in [1.807, 2.05) is 24.3 Å². The molecule has 2 rings (SSSR count). The lowest BCUT2D eigenvalue weighted by atomic mass is 10.1. The van der Waals surface area contributed by atoms with E-state index < -0.39 is 6.09 Å². The van der Waals surface area contributed by atoms with E-state index >= 15 is 0 Å². The minimum Gasteiger partial charge on any atom is -0.465 e. The summed E-state index contributed by atoms with van der Waals surface area (Å²) in [5.74, 6) is 2.59. The van der Waals surface area contributed by atoms with Gasteiger partial charge < -0.3 is 10.0 Å². The molecule has 1 N–H and O–H groups in total. The van der Waals surface area contributed by atoms with Gasteiger partial charge in [-0.25, -0.2) is 4.79 Å². The van der Waals surface area contributed by atoms with Gasteiger partial charge in [0.15, 0.2) is 0 Å². The van der Waals surface area contributed by atoms with E-state index in [-0.39, 0.29) is 0 Å². The molecule has 94 valence electrons. The normalized spacial score (nSPS) is 16.3. The van der Waals surface area contributed by atoms with E-state index in [1.165, 1.54) is 10.5 Å². The Morgan fingerprint density at radius 2 is 1.83 bits per heavy atom. The molecule has 0 bridgehead atoms. The summed E-state index contributed by atoms with van der Waals surface area (Å²) in [6, 6.07) is 7.92. The first-order chi connectivity index (χ1) is 8.69. The van der Waals surface area contributed by atoms with Crippen molar-refractivity contribution in [2.24, 2.45) is 0 Å². The van der Waals surface area contributed by atoms with Crippen molar-refractivity contribution in [2.75, 3.05) is 26.2 Å². The molecule has 0 saturated carbocycles. The van der Waals surface area contributed by atoms with Crippen molar-refractivity contribution in [1.29, 1.82) is 0 Å². The van der Waals surface area contributed by atoms with Gasteiger partial charge in [0.2, 0.25) is 0 Å². The van der Waals surface area contributed by atoms with Crippen LogP contribution in [-0.2, 0) is 6.54 Å². The maximum atomic E-state index is 10.8. The smallest absolute Gasteiger partial charge is 0.407 e. The van der Waals surface area contributed by atoms with Crippen molar-refractivity contribution in [2.45, 2.75) is 6.54 Å². The largest absolute Gasteiger partial charge is 0.465 e. The zero-order chi connectivity index (χ0) is 13.0. The first kappa shape index (κ1) is 12.5. The number of hydrogen-bond donors (Lipinski definition) is 1. The second-order valence-electron chi connectivity index (χ2n) is 4.39. The highest BCUT2D eigenvalue weighted by atomic mass is 16.4. The average Bonchev–Trinajstić information content (AvgIpc) is 2.40. The van der Waals surface area contributed by atoms with Gasteiger partial charge in [0.1, 0.15) is 0 Å². The zero-order valence-electron chi connectivity index (χ0n) is 10.2. The van der Waals surface area contributed by atoms with Crippen LogP contribution in [0.4, 0.5) is 4.79 Å². The second kappa shape index (κ2) is 5.56. The number of benzene rings is 1. The van der Waals surface area contributed by atoms with Crippen LogP contribution in [0, 0.1) is 12.3 Å². The maximum Gasteiger partial charge on any atom is 0.407 e. The van der Waals surface area contributed by atoms with E-state index in [1.54, 1.807) is 0 Å². The Morgan fingerprint density at radius 3 is 2.33 bits per heavy atom. The molecule has 1 amide bonds. The number of nitrogens with zero attached hydrogens (tertiary/aromatic N) is 2. The topological polar surface area (TPSA) is 43.8 Å². The van der Waals surface area contributed by atoms with Gasteiger partial charge in [0, 0.05) is 38.3 Å². The van der Waals surface area contributed by atoms with Crippen LogP contribution < -0.4 is 0 Å². The summed E-state index contributed by atoms with van der Waals surface area (Å²) in [6.07, 6.45) is 4.48. The number of piperazine rings is 1. The van der Waals surface area contributed by atoms with Crippen LogP contribution in [0.5, 0.6) is 0 Å². The summed E-state index contributed by atoms with van der Waals surface area (Å²) in [5, 5.41) is 8.86. The zero-order valence-corrected chi connectivity index (χ0v) is 10.2. The maximum absolute atomic E-state index is 10.8. The third-order valence-corrected chi connectivity index (χ3v) is 3.17. The SMILES string of the molecule is C#Cc1ccc(CN2CCN(C(=O)O)CC2)cc1. The number of hydrogen-bond acceptors (Lipinski definition) is 2. The molecule has 1 aliphatic heterocycles. The van der Waals surface area contributed by atoms with E-state index in [0.29, 0.717) is 13.1 Å². The van der Waals surface area contributed by atoms with Crippen LogP contribution in [-0.4, -0.2) is 47.2 Å². The summed E-state index contributed by atoms with van der Waals surface area (Å²) >= 11 is 0. The summed E-state index contributed by atoms with van der Waals surface area (Å²) in [6.45, 7) is 3.57. The van der Waals surface area contributed by atoms with E-state index in [0.717, 1.165) is 25.2 Å². The number of carbonyl (C=O) groups is 1. The molecule has 1 fully saturated rings. The molecule has 1 aliphatic rings. The fourth-order valence-corrected chi connectivity index (χ4v) is 2.06. The van der Waals surface area contributed by atoms with E-state index in [4.69, 9.17) is 11.5 Å². The molecule has 1 heterocycles. The molecular formula is C14H16N2O2. The second-order valence-corrected chi connectivity index (χ2v) is 4.39. The third-order valence-electron chi connectivity index (χ3n) is 3.17. The summed E-state index contributed by atoms with van der Waals surface area (Å²) in [5.41, 5.74) is 2.09. The van der Waals surface area contributed by atoms with Gasteiger partial charge in [-0.1, -0.05) is 18.1 Å². The molecule has 4 nitrogen and oxygen atoms in total. The fraction of sp³-hybridized carbons (Fsp3) is 0.357. The van der Waals surface area contributed by atoms with E-state index in [9.17, 15) is 4.79 Å². The summed E-state index contributed by atoms with van der Waals surface area (Å²) in [7, 11) is 0.